The van der Waals surface area contributed by atoms with E-state index in [9.17, 15) is 35.1 Å². The Bertz CT molecular complexity index is 1660. The number of carbonyl (C=O) groups is 2. The third kappa shape index (κ3) is 5.13. The third-order valence-electron chi connectivity index (χ3n) is 10.6. The third-order valence-corrected chi connectivity index (χ3v) is 12.8. The zero-order valence-electron chi connectivity index (χ0n) is 25.8. The van der Waals surface area contributed by atoms with Crippen LogP contribution in [0.25, 0.3) is 0 Å². The zero-order chi connectivity index (χ0) is 33.1. The molecule has 11 nitrogen and oxygen atoms in total. The van der Waals surface area contributed by atoms with E-state index in [4.69, 9.17) is 9.47 Å². The van der Waals surface area contributed by atoms with E-state index in [-0.39, 0.29) is 40.6 Å². The minimum atomic E-state index is -2.19. The van der Waals surface area contributed by atoms with Gasteiger partial charge in [0.1, 0.15) is 46.7 Å². The van der Waals surface area contributed by atoms with Crippen LogP contribution in [0, 0.1) is 11.3 Å². The number of anilines is 1. The first-order chi connectivity index (χ1) is 22.5. The Labute approximate surface area is 279 Å². The number of benzene rings is 1. The molecule has 0 amide bonds. The summed E-state index contributed by atoms with van der Waals surface area (Å²) in [5.41, 5.74) is -2.83. The van der Waals surface area contributed by atoms with Crippen LogP contribution in [0.5, 0.6) is 5.75 Å². The lowest BCUT2D eigenvalue weighted by Gasteiger charge is -2.51. The molecule has 1 aromatic carbocycles. The molecule has 1 aromatic heterocycles. The molecule has 7 rings (SSSR count). The van der Waals surface area contributed by atoms with E-state index in [1.807, 2.05) is 12.1 Å². The minimum Gasteiger partial charge on any atom is -0.511 e. The summed E-state index contributed by atoms with van der Waals surface area (Å²) in [6.45, 7) is 1.08. The SMILES string of the molecule is CC1=C[C@@H]2C(=O)c3cccc4c3C(=O)[C@]2(CSSCNc2cc(ccn2)C2(CCCC2)C[C@]2(O)[C@H](O)[C@@H](CO)O[C@@H](O4)[C@@H]2O)C(O)=C1. The van der Waals surface area contributed by atoms with Crippen molar-refractivity contribution < 1.29 is 44.6 Å². The minimum absolute atomic E-state index is 0.0600. The summed E-state index contributed by atoms with van der Waals surface area (Å²) in [4.78, 5) is 33.2. The van der Waals surface area contributed by atoms with Gasteiger partial charge in [-0.3, -0.25) is 9.59 Å². The lowest BCUT2D eigenvalue weighted by atomic mass is 9.60. The first kappa shape index (κ1) is 32.6. The van der Waals surface area contributed by atoms with Gasteiger partial charge in [0.25, 0.3) is 0 Å². The fourth-order valence-corrected chi connectivity index (χ4v) is 10.4. The van der Waals surface area contributed by atoms with Crippen molar-refractivity contribution in [1.29, 1.82) is 0 Å². The number of carbonyl (C=O) groups excluding carboxylic acids is 2. The van der Waals surface area contributed by atoms with E-state index in [2.05, 4.69) is 10.3 Å². The van der Waals surface area contributed by atoms with Gasteiger partial charge < -0.3 is 40.3 Å². The average molecular weight is 683 g/mol. The Kier molecular flexibility index (Phi) is 8.47. The summed E-state index contributed by atoms with van der Waals surface area (Å²) >= 11 is 0. The summed E-state index contributed by atoms with van der Waals surface area (Å²) in [5, 5.41) is 60.5. The maximum absolute atomic E-state index is 14.7. The number of aliphatic hydroxyl groups excluding tert-OH is 4. The number of nitrogens with one attached hydrogen (secondary N) is 1. The van der Waals surface area contributed by atoms with Gasteiger partial charge in [0.2, 0.25) is 6.29 Å². The highest BCUT2D eigenvalue weighted by atomic mass is 33.1. The van der Waals surface area contributed by atoms with Gasteiger partial charge in [-0.25, -0.2) is 4.98 Å². The van der Waals surface area contributed by atoms with Gasteiger partial charge in [-0.05, 0) is 61.4 Å². The molecule has 3 heterocycles. The number of pyridine rings is 1. The Morgan fingerprint density at radius 2 is 1.89 bits per heavy atom. The van der Waals surface area contributed by atoms with Crippen LogP contribution in [0.15, 0.2) is 60.0 Å². The van der Waals surface area contributed by atoms with Gasteiger partial charge in [0, 0.05) is 17.5 Å². The second-order valence-electron chi connectivity index (χ2n) is 13.3. The van der Waals surface area contributed by atoms with Crippen molar-refractivity contribution in [3.8, 4) is 5.75 Å². The van der Waals surface area contributed by atoms with E-state index in [1.54, 1.807) is 25.3 Å². The molecule has 47 heavy (non-hydrogen) atoms. The smallest absolute Gasteiger partial charge is 0.229 e. The van der Waals surface area contributed by atoms with Crippen LogP contribution >= 0.6 is 21.6 Å². The van der Waals surface area contributed by atoms with E-state index < -0.39 is 59.3 Å². The fourth-order valence-electron chi connectivity index (χ4n) is 8.12. The molecule has 2 fully saturated rings. The molecule has 13 heteroatoms. The number of allylic oxidation sites excluding steroid dienone is 4. The molecule has 6 bridgehead atoms. The highest BCUT2D eigenvalue weighted by molar-refractivity contribution is 8.76. The molecule has 250 valence electrons. The second-order valence-corrected chi connectivity index (χ2v) is 15.7. The number of aromatic nitrogens is 1. The molecular formula is C34H38N2O9S2. The number of hydrogen-bond acceptors (Lipinski definition) is 13. The van der Waals surface area contributed by atoms with Crippen LogP contribution in [-0.2, 0) is 10.2 Å². The number of ketones is 2. The summed E-state index contributed by atoms with van der Waals surface area (Å²) < 4.78 is 12.1. The zero-order valence-corrected chi connectivity index (χ0v) is 27.4. The monoisotopic (exact) mass is 682 g/mol. The number of ether oxygens (including phenoxy) is 2. The number of nitrogens with zero attached hydrogens (tertiary/aromatic N) is 1. The fraction of sp³-hybridized carbons (Fsp3) is 0.500. The van der Waals surface area contributed by atoms with Crippen LogP contribution in [0.1, 0.15) is 65.3 Å². The summed E-state index contributed by atoms with van der Waals surface area (Å²) in [7, 11) is 2.78. The summed E-state index contributed by atoms with van der Waals surface area (Å²) in [6.07, 6.45) is 1.53. The molecule has 0 radical (unpaired) electrons. The largest absolute Gasteiger partial charge is 0.511 e. The van der Waals surface area contributed by atoms with E-state index >= 15 is 0 Å². The molecule has 1 saturated heterocycles. The molecular weight excluding hydrogens is 645 g/mol. The van der Waals surface area contributed by atoms with Gasteiger partial charge in [-0.1, -0.05) is 58.2 Å². The molecule has 1 saturated carbocycles. The number of fused-ring (bicyclic) bond motifs is 5. The Balaban J connectivity index is 1.37. The summed E-state index contributed by atoms with van der Waals surface area (Å²) in [5.74, 6) is -1.07. The van der Waals surface area contributed by atoms with Crippen molar-refractivity contribution in [3.63, 3.8) is 0 Å². The van der Waals surface area contributed by atoms with Crippen molar-refractivity contribution in [2.45, 2.75) is 74.6 Å². The van der Waals surface area contributed by atoms with Gasteiger partial charge >= 0.3 is 0 Å². The van der Waals surface area contributed by atoms with E-state index in [1.165, 1.54) is 39.8 Å². The van der Waals surface area contributed by atoms with Crippen LogP contribution in [0.4, 0.5) is 5.82 Å². The molecule has 2 spiro atoms. The van der Waals surface area contributed by atoms with Gasteiger partial charge in [-0.15, -0.1) is 0 Å². The van der Waals surface area contributed by atoms with Gasteiger partial charge in [0.05, 0.1) is 24.0 Å². The normalized spacial score (nSPS) is 35.0. The van der Waals surface area contributed by atoms with Crippen molar-refractivity contribution in [2.75, 3.05) is 23.6 Å². The molecule has 2 aliphatic heterocycles. The van der Waals surface area contributed by atoms with E-state index in [0.717, 1.165) is 18.4 Å². The number of aliphatic hydroxyl groups is 5. The Hall–Kier alpha value is -2.91. The quantitative estimate of drug-likeness (QED) is 0.240. The highest BCUT2D eigenvalue weighted by Gasteiger charge is 2.61. The first-order valence-corrected chi connectivity index (χ1v) is 18.3. The average Bonchev–Trinajstić information content (AvgIpc) is 3.53. The Morgan fingerprint density at radius 1 is 1.11 bits per heavy atom. The van der Waals surface area contributed by atoms with Gasteiger partial charge in [-0.2, -0.15) is 0 Å². The molecule has 0 unspecified atom stereocenters. The predicted octanol–water partition coefficient (Wildman–Crippen LogP) is 3.68. The van der Waals surface area contributed by atoms with Crippen LogP contribution < -0.4 is 10.1 Å². The summed E-state index contributed by atoms with van der Waals surface area (Å²) in [6, 6.07) is 8.36. The van der Waals surface area contributed by atoms with Crippen molar-refractivity contribution in [2.24, 2.45) is 11.3 Å². The van der Waals surface area contributed by atoms with Gasteiger partial charge in [0.15, 0.2) is 11.6 Å². The number of rotatable bonds is 1. The van der Waals surface area contributed by atoms with Crippen LogP contribution in [0.3, 0.4) is 0 Å². The topological polar surface area (TPSA) is 179 Å². The van der Waals surface area contributed by atoms with Crippen molar-refractivity contribution in [1.82, 2.24) is 4.98 Å². The van der Waals surface area contributed by atoms with Crippen molar-refractivity contribution >= 4 is 39.0 Å². The van der Waals surface area contributed by atoms with Crippen LogP contribution in [0.2, 0.25) is 0 Å². The maximum atomic E-state index is 14.7. The first-order valence-electron chi connectivity index (χ1n) is 15.8. The molecule has 5 aliphatic rings. The highest BCUT2D eigenvalue weighted by Crippen LogP contribution is 2.54. The Morgan fingerprint density at radius 3 is 2.66 bits per heavy atom. The molecule has 2 aromatic rings. The lowest BCUT2D eigenvalue weighted by Crippen LogP contribution is -2.69. The molecule has 6 N–H and O–H groups in total. The van der Waals surface area contributed by atoms with Crippen LogP contribution in [-0.4, -0.2) is 90.5 Å². The number of hydrogen-bond donors (Lipinski definition) is 6. The standard InChI is InChI=1S/C34H38N2O9S2/c1-18-11-21-27(39)20-5-4-6-22-26(20)29(41)33(21,24(38)12-18)16-46-47-17-36-25-13-19(7-10-35-25)32(8-2-3-9-32)15-34(43)28(40)23(14-37)45-31(44-22)30(34)42/h4-7,10-13,21,23,28,30-31,37-38,40,42-43H,2-3,8-9,14-17H2,1H3,(H,35,36)/t21-,23-,28-,30+,31-,33+,34+/m1/s1. The molecule has 3 aliphatic carbocycles. The molecule has 7 atom stereocenters. The van der Waals surface area contributed by atoms with Crippen molar-refractivity contribution in [3.05, 3.63) is 76.7 Å². The maximum Gasteiger partial charge on any atom is 0.229 e. The van der Waals surface area contributed by atoms with E-state index in [0.29, 0.717) is 30.1 Å². The number of Topliss-reactive ketones (excluding diaryl/α,β-unsaturated/α-hetero) is 2. The second kappa shape index (κ2) is 12.2. The predicted molar refractivity (Wildman–Crippen MR) is 176 cm³/mol. The lowest BCUT2D eigenvalue weighted by molar-refractivity contribution is -0.318.